The fourth-order valence-corrected chi connectivity index (χ4v) is 3.71. The Morgan fingerprint density at radius 2 is 1.96 bits per heavy atom. The summed E-state index contributed by atoms with van der Waals surface area (Å²) in [5.74, 6) is 0.00224. The molecule has 1 aliphatic rings. The number of carboxylic acid groups (broad SMARTS) is 1. The normalized spacial score (nSPS) is 16.8. The van der Waals surface area contributed by atoms with E-state index in [-0.39, 0.29) is 12.3 Å². The number of hydrogen-bond acceptors (Lipinski definition) is 6. The van der Waals surface area contributed by atoms with Crippen LogP contribution < -0.4 is 5.32 Å². The molecular formula is C21H28N4O3. The van der Waals surface area contributed by atoms with Gasteiger partial charge in [0, 0.05) is 30.2 Å². The molecule has 2 aromatic heterocycles. The summed E-state index contributed by atoms with van der Waals surface area (Å²) in [7, 11) is 0. The molecule has 7 nitrogen and oxygen atoms in total. The van der Waals surface area contributed by atoms with E-state index in [1.807, 2.05) is 12.1 Å². The molecule has 2 atom stereocenters. The molecular weight excluding hydrogens is 356 g/mol. The highest BCUT2D eigenvalue weighted by molar-refractivity contribution is 5.68. The molecule has 0 saturated carbocycles. The van der Waals surface area contributed by atoms with Gasteiger partial charge in [0.25, 0.3) is 0 Å². The minimum atomic E-state index is -0.786. The molecule has 28 heavy (non-hydrogen) atoms. The number of nitrogens with zero attached hydrogens (tertiary/aromatic N) is 3. The van der Waals surface area contributed by atoms with E-state index in [4.69, 9.17) is 5.11 Å². The van der Waals surface area contributed by atoms with Crippen molar-refractivity contribution in [1.29, 1.82) is 0 Å². The molecule has 2 unspecified atom stereocenters. The van der Waals surface area contributed by atoms with Gasteiger partial charge in [0.1, 0.15) is 12.1 Å². The number of pyridine rings is 1. The minimum Gasteiger partial charge on any atom is -0.481 e. The highest BCUT2D eigenvalue weighted by Crippen LogP contribution is 2.28. The number of rotatable bonds is 10. The van der Waals surface area contributed by atoms with Gasteiger partial charge >= 0.3 is 5.97 Å². The van der Waals surface area contributed by atoms with Gasteiger partial charge in [-0.05, 0) is 43.2 Å². The standard InChI is InChI=1S/C21H28N4O3/c26-19-9-10-24-21-18(19)8-7-17(25-21)6-4-2-1-3-5-15(11-20(27)28)16-12-22-14-23-13-16/h7-8,12-15,19,26H,1-6,9-11H2,(H,24,25)(H,27,28). The first-order chi connectivity index (χ1) is 13.6. The third-order valence-corrected chi connectivity index (χ3v) is 5.26. The molecule has 0 fully saturated rings. The summed E-state index contributed by atoms with van der Waals surface area (Å²) in [6.07, 6.45) is 11.3. The highest BCUT2D eigenvalue weighted by Gasteiger charge is 2.19. The lowest BCUT2D eigenvalue weighted by Crippen LogP contribution is -2.18. The molecule has 3 rings (SSSR count). The van der Waals surface area contributed by atoms with Crippen molar-refractivity contribution in [2.24, 2.45) is 0 Å². The van der Waals surface area contributed by atoms with E-state index in [1.54, 1.807) is 12.4 Å². The van der Waals surface area contributed by atoms with E-state index in [2.05, 4.69) is 20.3 Å². The monoisotopic (exact) mass is 384 g/mol. The SMILES string of the molecule is O=C(O)CC(CCCCCCc1ccc2c(n1)NCCC2O)c1cncnc1. The zero-order valence-electron chi connectivity index (χ0n) is 16.0. The second-order valence-electron chi connectivity index (χ2n) is 7.39. The maximum absolute atomic E-state index is 11.1. The van der Waals surface area contributed by atoms with Gasteiger partial charge in [-0.1, -0.05) is 25.3 Å². The van der Waals surface area contributed by atoms with Gasteiger partial charge in [-0.15, -0.1) is 0 Å². The topological polar surface area (TPSA) is 108 Å². The van der Waals surface area contributed by atoms with Crippen molar-refractivity contribution in [1.82, 2.24) is 15.0 Å². The van der Waals surface area contributed by atoms with Crippen molar-refractivity contribution >= 4 is 11.8 Å². The second kappa shape index (κ2) is 10.1. The molecule has 3 heterocycles. The number of aromatic nitrogens is 3. The average Bonchev–Trinajstić information content (AvgIpc) is 2.70. The first-order valence-electron chi connectivity index (χ1n) is 10.0. The zero-order valence-corrected chi connectivity index (χ0v) is 16.0. The van der Waals surface area contributed by atoms with Crippen LogP contribution in [-0.4, -0.2) is 37.7 Å². The fourth-order valence-electron chi connectivity index (χ4n) is 3.71. The number of aliphatic hydroxyl groups excluding tert-OH is 1. The number of aliphatic carboxylic acids is 1. The van der Waals surface area contributed by atoms with Crippen LogP contribution in [0.15, 0.2) is 30.9 Å². The highest BCUT2D eigenvalue weighted by atomic mass is 16.4. The van der Waals surface area contributed by atoms with E-state index < -0.39 is 12.1 Å². The third-order valence-electron chi connectivity index (χ3n) is 5.26. The molecule has 0 amide bonds. The average molecular weight is 384 g/mol. The maximum atomic E-state index is 11.1. The van der Waals surface area contributed by atoms with Crippen molar-refractivity contribution in [3.63, 3.8) is 0 Å². The first kappa shape index (κ1) is 20.2. The largest absolute Gasteiger partial charge is 0.481 e. The molecule has 2 aromatic rings. The Labute approximate surface area is 165 Å². The van der Waals surface area contributed by atoms with Crippen LogP contribution in [-0.2, 0) is 11.2 Å². The predicted molar refractivity (Wildman–Crippen MR) is 106 cm³/mol. The molecule has 0 bridgehead atoms. The minimum absolute atomic E-state index is 0.0292. The molecule has 0 radical (unpaired) electrons. The van der Waals surface area contributed by atoms with Crippen LogP contribution in [0.5, 0.6) is 0 Å². The molecule has 1 aliphatic heterocycles. The number of carboxylic acids is 1. The Hall–Kier alpha value is -2.54. The summed E-state index contributed by atoms with van der Waals surface area (Å²) < 4.78 is 0. The van der Waals surface area contributed by atoms with E-state index in [1.165, 1.54) is 6.33 Å². The van der Waals surface area contributed by atoms with E-state index in [0.717, 1.165) is 74.1 Å². The molecule has 7 heteroatoms. The van der Waals surface area contributed by atoms with Crippen LogP contribution >= 0.6 is 0 Å². The van der Waals surface area contributed by atoms with Gasteiger partial charge < -0.3 is 15.5 Å². The van der Waals surface area contributed by atoms with Crippen molar-refractivity contribution in [3.8, 4) is 0 Å². The van der Waals surface area contributed by atoms with Gasteiger partial charge in [-0.25, -0.2) is 15.0 Å². The molecule has 0 aromatic carbocycles. The number of carbonyl (C=O) groups is 1. The quantitative estimate of drug-likeness (QED) is 0.538. The summed E-state index contributed by atoms with van der Waals surface area (Å²) >= 11 is 0. The summed E-state index contributed by atoms with van der Waals surface area (Å²) in [6.45, 7) is 0.759. The molecule has 0 saturated heterocycles. The first-order valence-corrected chi connectivity index (χ1v) is 10.0. The number of hydrogen-bond donors (Lipinski definition) is 3. The van der Waals surface area contributed by atoms with Crippen LogP contribution in [0.4, 0.5) is 5.82 Å². The Morgan fingerprint density at radius 3 is 2.75 bits per heavy atom. The van der Waals surface area contributed by atoms with Gasteiger partial charge in [0.15, 0.2) is 0 Å². The summed E-state index contributed by atoms with van der Waals surface area (Å²) in [5.41, 5.74) is 2.84. The van der Waals surface area contributed by atoms with E-state index >= 15 is 0 Å². The van der Waals surface area contributed by atoms with Gasteiger partial charge in [-0.3, -0.25) is 4.79 Å². The van der Waals surface area contributed by atoms with Crippen LogP contribution in [0.3, 0.4) is 0 Å². The van der Waals surface area contributed by atoms with Crippen LogP contribution in [0.25, 0.3) is 0 Å². The van der Waals surface area contributed by atoms with Crippen LogP contribution in [0.1, 0.15) is 73.8 Å². The Balaban J connectivity index is 1.40. The molecule has 150 valence electrons. The van der Waals surface area contributed by atoms with Crippen molar-refractivity contribution in [2.45, 2.75) is 63.4 Å². The van der Waals surface area contributed by atoms with Crippen LogP contribution in [0, 0.1) is 0 Å². The van der Waals surface area contributed by atoms with Crippen molar-refractivity contribution in [3.05, 3.63) is 47.7 Å². The van der Waals surface area contributed by atoms with Crippen molar-refractivity contribution in [2.75, 3.05) is 11.9 Å². The lowest BCUT2D eigenvalue weighted by molar-refractivity contribution is -0.137. The van der Waals surface area contributed by atoms with E-state index in [9.17, 15) is 9.90 Å². The number of anilines is 1. The van der Waals surface area contributed by atoms with Gasteiger partial charge in [-0.2, -0.15) is 0 Å². The molecule has 0 aliphatic carbocycles. The number of nitrogens with one attached hydrogen (secondary N) is 1. The summed E-state index contributed by atoms with van der Waals surface area (Å²) in [5, 5.41) is 22.4. The number of aliphatic hydroxyl groups is 1. The lowest BCUT2D eigenvalue weighted by atomic mass is 9.92. The molecule has 0 spiro atoms. The lowest BCUT2D eigenvalue weighted by Gasteiger charge is -2.22. The van der Waals surface area contributed by atoms with Crippen molar-refractivity contribution < 1.29 is 15.0 Å². The zero-order chi connectivity index (χ0) is 19.8. The van der Waals surface area contributed by atoms with Gasteiger partial charge in [0.2, 0.25) is 0 Å². The number of unbranched alkanes of at least 4 members (excludes halogenated alkanes) is 3. The smallest absolute Gasteiger partial charge is 0.303 e. The summed E-state index contributed by atoms with van der Waals surface area (Å²) in [4.78, 5) is 23.8. The van der Waals surface area contributed by atoms with Gasteiger partial charge in [0.05, 0.1) is 12.5 Å². The maximum Gasteiger partial charge on any atom is 0.303 e. The number of fused-ring (bicyclic) bond motifs is 1. The third kappa shape index (κ3) is 5.73. The van der Waals surface area contributed by atoms with E-state index in [0.29, 0.717) is 0 Å². The second-order valence-corrected chi connectivity index (χ2v) is 7.39. The Morgan fingerprint density at radius 1 is 1.18 bits per heavy atom. The Kier molecular flexibility index (Phi) is 7.31. The predicted octanol–water partition coefficient (Wildman–Crippen LogP) is 3.47. The van der Waals surface area contributed by atoms with Crippen LogP contribution in [0.2, 0.25) is 0 Å². The molecule has 3 N–H and O–H groups in total. The Bertz CT molecular complexity index is 770. The number of aryl methyl sites for hydroxylation is 1. The fraction of sp³-hybridized carbons (Fsp3) is 0.524. The summed E-state index contributed by atoms with van der Waals surface area (Å²) in [6, 6.07) is 3.99.